The zero-order valence-corrected chi connectivity index (χ0v) is 11.2. The molecule has 0 aromatic carbocycles. The van der Waals surface area contributed by atoms with Crippen LogP contribution in [0.2, 0.25) is 0 Å². The highest BCUT2D eigenvalue weighted by Crippen LogP contribution is 2.34. The SMILES string of the molecule is C=CCCC(NCC)C1CCCC(CC)C1. The fourth-order valence-corrected chi connectivity index (χ4v) is 3.13. The highest BCUT2D eigenvalue weighted by Gasteiger charge is 2.26. The molecule has 1 aliphatic rings. The summed E-state index contributed by atoms with van der Waals surface area (Å²) >= 11 is 0. The van der Waals surface area contributed by atoms with Gasteiger partial charge in [0.25, 0.3) is 0 Å². The van der Waals surface area contributed by atoms with Gasteiger partial charge in [-0.1, -0.05) is 39.2 Å². The molecule has 0 heterocycles. The summed E-state index contributed by atoms with van der Waals surface area (Å²) in [5.74, 6) is 1.90. The average molecular weight is 223 g/mol. The van der Waals surface area contributed by atoms with Crippen molar-refractivity contribution in [1.82, 2.24) is 5.32 Å². The van der Waals surface area contributed by atoms with Crippen molar-refractivity contribution in [3.05, 3.63) is 12.7 Å². The maximum atomic E-state index is 3.84. The molecule has 0 radical (unpaired) electrons. The van der Waals surface area contributed by atoms with E-state index < -0.39 is 0 Å². The summed E-state index contributed by atoms with van der Waals surface area (Å²) in [5.41, 5.74) is 0. The Morgan fingerprint density at radius 3 is 2.81 bits per heavy atom. The van der Waals surface area contributed by atoms with Gasteiger partial charge in [-0.15, -0.1) is 6.58 Å². The largest absolute Gasteiger partial charge is 0.314 e. The van der Waals surface area contributed by atoms with E-state index in [1.54, 1.807) is 0 Å². The van der Waals surface area contributed by atoms with Crippen molar-refractivity contribution in [3.63, 3.8) is 0 Å². The Hall–Kier alpha value is -0.300. The Balaban J connectivity index is 2.44. The van der Waals surface area contributed by atoms with Gasteiger partial charge in [0.05, 0.1) is 0 Å². The number of nitrogens with one attached hydrogen (secondary N) is 1. The molecule has 0 aromatic rings. The molecule has 0 spiro atoms. The van der Waals surface area contributed by atoms with Crippen molar-refractivity contribution >= 4 is 0 Å². The molecular weight excluding hydrogens is 194 g/mol. The lowest BCUT2D eigenvalue weighted by Gasteiger charge is -2.34. The van der Waals surface area contributed by atoms with Crippen LogP contribution in [0.5, 0.6) is 0 Å². The predicted molar refractivity (Wildman–Crippen MR) is 72.6 cm³/mol. The van der Waals surface area contributed by atoms with E-state index in [2.05, 4.69) is 31.8 Å². The molecule has 1 N–H and O–H groups in total. The summed E-state index contributed by atoms with van der Waals surface area (Å²) in [6, 6.07) is 0.734. The third kappa shape index (κ3) is 4.29. The van der Waals surface area contributed by atoms with Crippen molar-refractivity contribution in [2.75, 3.05) is 6.54 Å². The maximum Gasteiger partial charge on any atom is 0.00982 e. The topological polar surface area (TPSA) is 12.0 Å². The Labute approximate surface area is 102 Å². The van der Waals surface area contributed by atoms with E-state index in [0.29, 0.717) is 0 Å². The van der Waals surface area contributed by atoms with Crippen LogP contribution in [-0.4, -0.2) is 12.6 Å². The summed E-state index contributed by atoms with van der Waals surface area (Å²) in [5, 5.41) is 3.68. The normalized spacial score (nSPS) is 27.6. The molecule has 3 unspecified atom stereocenters. The highest BCUT2D eigenvalue weighted by atomic mass is 14.9. The number of hydrogen-bond acceptors (Lipinski definition) is 1. The molecule has 94 valence electrons. The summed E-state index contributed by atoms with van der Waals surface area (Å²) in [6.45, 7) is 9.52. The molecule has 1 aliphatic carbocycles. The van der Waals surface area contributed by atoms with E-state index in [-0.39, 0.29) is 0 Å². The Bertz CT molecular complexity index is 188. The minimum Gasteiger partial charge on any atom is -0.314 e. The van der Waals surface area contributed by atoms with Crippen LogP contribution in [-0.2, 0) is 0 Å². The molecule has 16 heavy (non-hydrogen) atoms. The van der Waals surface area contributed by atoms with Crippen LogP contribution >= 0.6 is 0 Å². The zero-order valence-electron chi connectivity index (χ0n) is 11.2. The van der Waals surface area contributed by atoms with Crippen LogP contribution in [0.15, 0.2) is 12.7 Å². The summed E-state index contributed by atoms with van der Waals surface area (Å²) in [7, 11) is 0. The first-order chi connectivity index (χ1) is 7.81. The molecule has 1 nitrogen and oxygen atoms in total. The van der Waals surface area contributed by atoms with Gasteiger partial charge in [-0.3, -0.25) is 0 Å². The van der Waals surface area contributed by atoms with Gasteiger partial charge < -0.3 is 5.32 Å². The van der Waals surface area contributed by atoms with Crippen LogP contribution in [0.25, 0.3) is 0 Å². The molecule has 1 saturated carbocycles. The van der Waals surface area contributed by atoms with E-state index in [1.165, 1.54) is 38.5 Å². The second kappa shape index (κ2) is 7.89. The van der Waals surface area contributed by atoms with Crippen molar-refractivity contribution in [2.45, 2.75) is 64.8 Å². The monoisotopic (exact) mass is 223 g/mol. The number of rotatable bonds is 7. The van der Waals surface area contributed by atoms with E-state index >= 15 is 0 Å². The quantitative estimate of drug-likeness (QED) is 0.639. The Kier molecular flexibility index (Phi) is 6.79. The molecule has 0 saturated heterocycles. The molecule has 1 heteroatoms. The van der Waals surface area contributed by atoms with Gasteiger partial charge in [-0.25, -0.2) is 0 Å². The fourth-order valence-electron chi connectivity index (χ4n) is 3.13. The minimum atomic E-state index is 0.734. The van der Waals surface area contributed by atoms with Crippen molar-refractivity contribution in [3.8, 4) is 0 Å². The smallest absolute Gasteiger partial charge is 0.00982 e. The van der Waals surface area contributed by atoms with Crippen LogP contribution in [0.3, 0.4) is 0 Å². The van der Waals surface area contributed by atoms with Gasteiger partial charge in [0.15, 0.2) is 0 Å². The van der Waals surface area contributed by atoms with Crippen molar-refractivity contribution in [1.29, 1.82) is 0 Å². The molecule has 0 amide bonds. The van der Waals surface area contributed by atoms with Gasteiger partial charge >= 0.3 is 0 Å². The Morgan fingerprint density at radius 1 is 1.38 bits per heavy atom. The molecule has 1 fully saturated rings. The van der Waals surface area contributed by atoms with E-state index in [9.17, 15) is 0 Å². The molecule has 1 rings (SSSR count). The number of allylic oxidation sites excluding steroid dienone is 1. The molecular formula is C15H29N. The highest BCUT2D eigenvalue weighted by molar-refractivity contribution is 4.84. The first-order valence-corrected chi connectivity index (χ1v) is 7.16. The van der Waals surface area contributed by atoms with Crippen LogP contribution in [0.4, 0.5) is 0 Å². The standard InChI is InChI=1S/C15H29N/c1-4-7-11-15(16-6-3)14-10-8-9-13(5-2)12-14/h4,13-16H,1,5-12H2,2-3H3. The van der Waals surface area contributed by atoms with Crippen LogP contribution in [0.1, 0.15) is 58.8 Å². The second-order valence-corrected chi connectivity index (χ2v) is 5.23. The third-order valence-corrected chi connectivity index (χ3v) is 4.12. The van der Waals surface area contributed by atoms with Gasteiger partial charge in [0, 0.05) is 6.04 Å². The van der Waals surface area contributed by atoms with Crippen LogP contribution in [0, 0.1) is 11.8 Å². The lowest BCUT2D eigenvalue weighted by Crippen LogP contribution is -2.38. The van der Waals surface area contributed by atoms with Crippen LogP contribution < -0.4 is 5.32 Å². The summed E-state index contributed by atoms with van der Waals surface area (Å²) in [4.78, 5) is 0. The Morgan fingerprint density at radius 2 is 2.19 bits per heavy atom. The van der Waals surface area contributed by atoms with Gasteiger partial charge in [-0.2, -0.15) is 0 Å². The first-order valence-electron chi connectivity index (χ1n) is 7.16. The summed E-state index contributed by atoms with van der Waals surface area (Å²) < 4.78 is 0. The van der Waals surface area contributed by atoms with E-state index in [1.807, 2.05) is 0 Å². The molecule has 0 aromatic heterocycles. The van der Waals surface area contributed by atoms with Crippen molar-refractivity contribution in [2.24, 2.45) is 11.8 Å². The average Bonchev–Trinajstić information content (AvgIpc) is 2.34. The minimum absolute atomic E-state index is 0.734. The maximum absolute atomic E-state index is 3.84. The van der Waals surface area contributed by atoms with Gasteiger partial charge in [0.1, 0.15) is 0 Å². The predicted octanol–water partition coefficient (Wildman–Crippen LogP) is 4.15. The zero-order chi connectivity index (χ0) is 11.8. The van der Waals surface area contributed by atoms with Gasteiger partial charge in [0.2, 0.25) is 0 Å². The molecule has 0 aliphatic heterocycles. The third-order valence-electron chi connectivity index (χ3n) is 4.12. The second-order valence-electron chi connectivity index (χ2n) is 5.23. The summed E-state index contributed by atoms with van der Waals surface area (Å²) in [6.07, 6.45) is 11.7. The van der Waals surface area contributed by atoms with E-state index in [4.69, 9.17) is 0 Å². The molecule has 3 atom stereocenters. The molecule has 0 bridgehead atoms. The first kappa shape index (κ1) is 13.8. The van der Waals surface area contributed by atoms with E-state index in [0.717, 1.165) is 30.8 Å². The number of hydrogen-bond donors (Lipinski definition) is 1. The lowest BCUT2D eigenvalue weighted by molar-refractivity contribution is 0.204. The van der Waals surface area contributed by atoms with Gasteiger partial charge in [-0.05, 0) is 44.1 Å². The lowest BCUT2D eigenvalue weighted by atomic mass is 9.76. The fraction of sp³-hybridized carbons (Fsp3) is 0.867. The van der Waals surface area contributed by atoms with Crippen molar-refractivity contribution < 1.29 is 0 Å².